The Bertz CT molecular complexity index is 673. The Balaban J connectivity index is 2.37. The van der Waals surface area contributed by atoms with Gasteiger partial charge < -0.3 is 5.11 Å². The number of aromatic nitrogens is 2. The largest absolute Gasteiger partial charge is 0.481 e. The molecule has 0 aromatic carbocycles. The van der Waals surface area contributed by atoms with E-state index in [1.54, 1.807) is 31.3 Å². The van der Waals surface area contributed by atoms with E-state index in [1.807, 2.05) is 13.0 Å². The summed E-state index contributed by atoms with van der Waals surface area (Å²) in [6, 6.07) is 6.76. The smallest absolute Gasteiger partial charge is 0.308 e. The molecule has 1 N–H and O–H groups in total. The molecule has 0 radical (unpaired) electrons. The summed E-state index contributed by atoms with van der Waals surface area (Å²) >= 11 is 0. The summed E-state index contributed by atoms with van der Waals surface area (Å²) in [6.45, 7) is 3.50. The number of nitrogens with zero attached hydrogens (tertiary/aromatic N) is 3. The number of aryl methyl sites for hydroxylation is 1. The molecule has 0 aliphatic carbocycles. The fourth-order valence-corrected chi connectivity index (χ4v) is 1.95. The second kappa shape index (κ2) is 6.80. The van der Waals surface area contributed by atoms with Gasteiger partial charge in [-0.3, -0.25) is 19.5 Å². The topological polar surface area (TPSA) is 83.4 Å². The van der Waals surface area contributed by atoms with Crippen LogP contribution in [0.15, 0.2) is 42.9 Å². The van der Waals surface area contributed by atoms with Gasteiger partial charge in [0.2, 0.25) is 0 Å². The van der Waals surface area contributed by atoms with Gasteiger partial charge in [-0.25, -0.2) is 4.98 Å². The fraction of sp³-hybridized carbons (Fsp3) is 0.250. The van der Waals surface area contributed by atoms with Crippen LogP contribution in [0.2, 0.25) is 0 Å². The summed E-state index contributed by atoms with van der Waals surface area (Å²) in [5, 5.41) is 9.12. The maximum atomic E-state index is 12.7. The van der Waals surface area contributed by atoms with E-state index in [1.165, 1.54) is 17.3 Å². The first kappa shape index (κ1) is 15.6. The van der Waals surface area contributed by atoms with Gasteiger partial charge in [0.1, 0.15) is 5.82 Å². The van der Waals surface area contributed by atoms with Crippen molar-refractivity contribution in [1.82, 2.24) is 9.97 Å². The molecule has 2 aromatic rings. The fourth-order valence-electron chi connectivity index (χ4n) is 1.95. The van der Waals surface area contributed by atoms with Gasteiger partial charge in [-0.05, 0) is 36.8 Å². The molecule has 0 saturated heterocycles. The zero-order valence-corrected chi connectivity index (χ0v) is 12.4. The van der Waals surface area contributed by atoms with E-state index in [0.29, 0.717) is 11.4 Å². The van der Waals surface area contributed by atoms with Crippen LogP contribution in [0.4, 0.5) is 5.82 Å². The highest BCUT2D eigenvalue weighted by Gasteiger charge is 2.24. The highest BCUT2D eigenvalue weighted by molar-refractivity contribution is 6.05. The minimum Gasteiger partial charge on any atom is -0.481 e. The van der Waals surface area contributed by atoms with E-state index in [-0.39, 0.29) is 12.5 Å². The van der Waals surface area contributed by atoms with Crippen LogP contribution < -0.4 is 4.90 Å². The number of hydrogen-bond acceptors (Lipinski definition) is 4. The molecule has 2 aromatic heterocycles. The Kier molecular flexibility index (Phi) is 4.83. The summed E-state index contributed by atoms with van der Waals surface area (Å²) in [7, 11) is 0. The van der Waals surface area contributed by atoms with E-state index in [2.05, 4.69) is 9.97 Å². The quantitative estimate of drug-likeness (QED) is 0.914. The molecule has 1 atom stereocenters. The van der Waals surface area contributed by atoms with Crippen molar-refractivity contribution in [2.24, 2.45) is 5.92 Å². The van der Waals surface area contributed by atoms with Crippen LogP contribution in [0.5, 0.6) is 0 Å². The van der Waals surface area contributed by atoms with Crippen LogP contribution in [-0.4, -0.2) is 33.5 Å². The molecule has 114 valence electrons. The third kappa shape index (κ3) is 3.66. The Morgan fingerprint density at radius 3 is 2.50 bits per heavy atom. The highest BCUT2D eigenvalue weighted by atomic mass is 16.4. The molecule has 6 heteroatoms. The predicted molar refractivity (Wildman–Crippen MR) is 81.7 cm³/mol. The van der Waals surface area contributed by atoms with Crippen molar-refractivity contribution in [3.63, 3.8) is 0 Å². The first-order chi connectivity index (χ1) is 10.5. The van der Waals surface area contributed by atoms with Crippen molar-refractivity contribution in [3.05, 3.63) is 54.0 Å². The van der Waals surface area contributed by atoms with E-state index in [0.717, 1.165) is 5.56 Å². The molecule has 22 heavy (non-hydrogen) atoms. The lowest BCUT2D eigenvalue weighted by Gasteiger charge is -2.24. The number of amides is 1. The van der Waals surface area contributed by atoms with Crippen molar-refractivity contribution in [2.75, 3.05) is 11.4 Å². The summed E-state index contributed by atoms with van der Waals surface area (Å²) < 4.78 is 0. The molecular weight excluding hydrogens is 282 g/mol. The molecule has 0 saturated carbocycles. The van der Waals surface area contributed by atoms with E-state index < -0.39 is 11.9 Å². The van der Waals surface area contributed by atoms with E-state index in [4.69, 9.17) is 5.11 Å². The average molecular weight is 299 g/mol. The zero-order valence-electron chi connectivity index (χ0n) is 12.4. The maximum absolute atomic E-state index is 12.7. The van der Waals surface area contributed by atoms with Crippen LogP contribution >= 0.6 is 0 Å². The Hall–Kier alpha value is -2.76. The number of carbonyl (C=O) groups excluding carboxylic acids is 1. The molecule has 0 aliphatic heterocycles. The SMILES string of the molecule is Cc1ccnc(N(CC(C)C(=O)O)C(=O)c2ccncc2)c1. The normalized spacial score (nSPS) is 11.7. The van der Waals surface area contributed by atoms with Crippen LogP contribution in [-0.2, 0) is 4.79 Å². The Labute approximate surface area is 128 Å². The lowest BCUT2D eigenvalue weighted by Crippen LogP contribution is -2.37. The first-order valence-electron chi connectivity index (χ1n) is 6.86. The number of carbonyl (C=O) groups is 2. The predicted octanol–water partition coefficient (Wildman–Crippen LogP) is 2.15. The van der Waals surface area contributed by atoms with Crippen molar-refractivity contribution < 1.29 is 14.7 Å². The zero-order chi connectivity index (χ0) is 16.1. The summed E-state index contributed by atoms with van der Waals surface area (Å²) in [5.41, 5.74) is 1.39. The Morgan fingerprint density at radius 2 is 1.91 bits per heavy atom. The van der Waals surface area contributed by atoms with Gasteiger partial charge in [0, 0.05) is 30.7 Å². The van der Waals surface area contributed by atoms with Gasteiger partial charge >= 0.3 is 5.97 Å². The third-order valence-corrected chi connectivity index (χ3v) is 3.23. The molecule has 2 heterocycles. The number of rotatable bonds is 5. The maximum Gasteiger partial charge on any atom is 0.308 e. The van der Waals surface area contributed by atoms with Gasteiger partial charge in [0.05, 0.1) is 5.92 Å². The minimum atomic E-state index is -0.958. The lowest BCUT2D eigenvalue weighted by molar-refractivity contribution is -0.140. The molecule has 0 fully saturated rings. The number of anilines is 1. The van der Waals surface area contributed by atoms with Crippen molar-refractivity contribution in [1.29, 1.82) is 0 Å². The summed E-state index contributed by atoms with van der Waals surface area (Å²) in [6.07, 6.45) is 4.65. The van der Waals surface area contributed by atoms with Crippen LogP contribution in [0, 0.1) is 12.8 Å². The molecule has 0 aliphatic rings. The molecule has 1 amide bonds. The summed E-state index contributed by atoms with van der Waals surface area (Å²) in [4.78, 5) is 33.3. The van der Waals surface area contributed by atoms with Gasteiger partial charge in [0.25, 0.3) is 5.91 Å². The van der Waals surface area contributed by atoms with Crippen LogP contribution in [0.1, 0.15) is 22.8 Å². The van der Waals surface area contributed by atoms with Gasteiger partial charge in [0.15, 0.2) is 0 Å². The molecular formula is C16H17N3O3. The van der Waals surface area contributed by atoms with Gasteiger partial charge in [-0.15, -0.1) is 0 Å². The highest BCUT2D eigenvalue weighted by Crippen LogP contribution is 2.17. The van der Waals surface area contributed by atoms with E-state index in [9.17, 15) is 9.59 Å². The van der Waals surface area contributed by atoms with Crippen LogP contribution in [0.25, 0.3) is 0 Å². The second-order valence-electron chi connectivity index (χ2n) is 5.08. The molecule has 1 unspecified atom stereocenters. The number of carboxylic acid groups (broad SMARTS) is 1. The third-order valence-electron chi connectivity index (χ3n) is 3.23. The number of aliphatic carboxylic acids is 1. The van der Waals surface area contributed by atoms with Crippen molar-refractivity contribution in [2.45, 2.75) is 13.8 Å². The number of pyridine rings is 2. The van der Waals surface area contributed by atoms with Gasteiger partial charge in [-0.1, -0.05) is 6.92 Å². The molecule has 2 rings (SSSR count). The Morgan fingerprint density at radius 1 is 1.23 bits per heavy atom. The molecule has 0 spiro atoms. The average Bonchev–Trinajstić information content (AvgIpc) is 2.52. The first-order valence-corrected chi connectivity index (χ1v) is 6.86. The summed E-state index contributed by atoms with van der Waals surface area (Å²) in [5.74, 6) is -1.52. The molecule has 6 nitrogen and oxygen atoms in total. The monoisotopic (exact) mass is 299 g/mol. The minimum absolute atomic E-state index is 0.0486. The standard InChI is InChI=1S/C16H17N3O3/c1-11-3-8-18-14(9-11)19(10-12(2)16(21)22)15(20)13-4-6-17-7-5-13/h3-9,12H,10H2,1-2H3,(H,21,22). The van der Waals surface area contributed by atoms with Crippen molar-refractivity contribution >= 4 is 17.7 Å². The van der Waals surface area contributed by atoms with Crippen molar-refractivity contribution in [3.8, 4) is 0 Å². The van der Waals surface area contributed by atoms with Crippen LogP contribution in [0.3, 0.4) is 0 Å². The number of hydrogen-bond donors (Lipinski definition) is 1. The lowest BCUT2D eigenvalue weighted by atomic mass is 10.1. The number of carboxylic acids is 1. The van der Waals surface area contributed by atoms with E-state index >= 15 is 0 Å². The van der Waals surface area contributed by atoms with Gasteiger partial charge in [-0.2, -0.15) is 0 Å². The molecule has 0 bridgehead atoms. The second-order valence-corrected chi connectivity index (χ2v) is 5.08.